The first-order valence-corrected chi connectivity index (χ1v) is 6.96. The van der Waals surface area contributed by atoms with E-state index in [9.17, 15) is 9.59 Å². The molecule has 1 aliphatic carbocycles. The van der Waals surface area contributed by atoms with Gasteiger partial charge < -0.3 is 5.73 Å². The molecule has 2 fully saturated rings. The molecule has 1 aliphatic heterocycles. The third-order valence-corrected chi connectivity index (χ3v) is 4.43. The quantitative estimate of drug-likeness (QED) is 0.624. The summed E-state index contributed by atoms with van der Waals surface area (Å²) in [5.74, 6) is -0.0862. The Morgan fingerprint density at radius 3 is 2.33 bits per heavy atom. The summed E-state index contributed by atoms with van der Waals surface area (Å²) in [6.45, 7) is 3.87. The Bertz CT molecular complexity index is 400. The molecule has 1 atom stereocenters. The number of carbonyl (C=O) groups excluding carboxylic acids is 2. The van der Waals surface area contributed by atoms with E-state index in [1.807, 2.05) is 13.8 Å². The van der Waals surface area contributed by atoms with Gasteiger partial charge >= 0.3 is 0 Å². The molecule has 2 N–H and O–H groups in total. The van der Waals surface area contributed by atoms with Gasteiger partial charge in [-0.15, -0.1) is 0 Å². The Balaban J connectivity index is 2.31. The van der Waals surface area contributed by atoms with Crippen molar-refractivity contribution in [2.75, 3.05) is 0 Å². The van der Waals surface area contributed by atoms with E-state index in [-0.39, 0.29) is 22.7 Å². The summed E-state index contributed by atoms with van der Waals surface area (Å²) >= 11 is 5.03. The van der Waals surface area contributed by atoms with E-state index in [0.29, 0.717) is 6.42 Å². The number of hydrogen-bond acceptors (Lipinski definition) is 3. The van der Waals surface area contributed by atoms with Crippen molar-refractivity contribution in [3.05, 3.63) is 0 Å². The van der Waals surface area contributed by atoms with Crippen molar-refractivity contribution in [2.45, 2.75) is 52.0 Å². The molecule has 100 valence electrons. The Kier molecular flexibility index (Phi) is 3.45. The van der Waals surface area contributed by atoms with E-state index in [1.165, 1.54) is 4.90 Å². The fraction of sp³-hybridized carbons (Fsp3) is 0.769. The minimum atomic E-state index is -0.436. The van der Waals surface area contributed by atoms with Crippen molar-refractivity contribution in [2.24, 2.45) is 17.1 Å². The first-order chi connectivity index (χ1) is 8.39. The average molecular weight is 268 g/mol. The number of nitrogens with two attached hydrogens (primary N) is 1. The topological polar surface area (TPSA) is 63.4 Å². The first kappa shape index (κ1) is 13.5. The maximum atomic E-state index is 12.6. The molecule has 4 nitrogen and oxygen atoms in total. The van der Waals surface area contributed by atoms with E-state index >= 15 is 0 Å². The molecule has 18 heavy (non-hydrogen) atoms. The van der Waals surface area contributed by atoms with Gasteiger partial charge in [0.1, 0.15) is 0 Å². The van der Waals surface area contributed by atoms with Crippen LogP contribution in [-0.4, -0.2) is 27.7 Å². The molecule has 2 amide bonds. The highest BCUT2D eigenvalue weighted by atomic mass is 32.1. The third kappa shape index (κ3) is 1.94. The van der Waals surface area contributed by atoms with Gasteiger partial charge in [-0.1, -0.05) is 38.9 Å². The molecular weight excluding hydrogens is 248 g/mol. The van der Waals surface area contributed by atoms with Crippen LogP contribution in [0.15, 0.2) is 0 Å². The van der Waals surface area contributed by atoms with Gasteiger partial charge in [0.05, 0.1) is 16.4 Å². The van der Waals surface area contributed by atoms with Crippen LogP contribution in [-0.2, 0) is 9.59 Å². The third-order valence-electron chi connectivity index (χ3n) is 4.19. The smallest absolute Gasteiger partial charge is 0.236 e. The predicted molar refractivity (Wildman–Crippen MR) is 72.8 cm³/mol. The monoisotopic (exact) mass is 268 g/mol. The lowest BCUT2D eigenvalue weighted by atomic mass is 9.84. The van der Waals surface area contributed by atoms with Crippen LogP contribution in [0.1, 0.15) is 46.0 Å². The number of thiocarbonyl (C=S) groups is 1. The number of nitrogens with zero attached hydrogens (tertiary/aromatic N) is 1. The molecule has 1 heterocycles. The Hall–Kier alpha value is -0.970. The second-order valence-corrected chi connectivity index (χ2v) is 6.30. The van der Waals surface area contributed by atoms with Gasteiger partial charge in [0, 0.05) is 6.42 Å². The standard InChI is InChI=1S/C13H20N2O2S/c1-8(2)10(11(14)18)15-9(16)7-13(12(15)17)5-3-4-6-13/h8,10H,3-7H2,1-2H3,(H2,14,18). The predicted octanol–water partition coefficient (Wildman–Crippen LogP) is 1.62. The first-order valence-electron chi connectivity index (χ1n) is 6.55. The second kappa shape index (κ2) is 4.61. The Labute approximate surface area is 113 Å². The molecule has 1 saturated carbocycles. The van der Waals surface area contributed by atoms with Crippen LogP contribution in [0.4, 0.5) is 0 Å². The van der Waals surface area contributed by atoms with Crippen LogP contribution in [0, 0.1) is 11.3 Å². The molecule has 0 aromatic rings. The molecule has 0 radical (unpaired) electrons. The summed E-state index contributed by atoms with van der Waals surface area (Å²) < 4.78 is 0. The molecule has 0 aromatic carbocycles. The maximum absolute atomic E-state index is 12.6. The fourth-order valence-corrected chi connectivity index (χ4v) is 3.67. The van der Waals surface area contributed by atoms with Crippen LogP contribution in [0.3, 0.4) is 0 Å². The van der Waals surface area contributed by atoms with Gasteiger partial charge in [0.25, 0.3) is 0 Å². The molecule has 0 bridgehead atoms. The van der Waals surface area contributed by atoms with Crippen molar-refractivity contribution in [1.29, 1.82) is 0 Å². The molecule has 2 rings (SSSR count). The highest BCUT2D eigenvalue weighted by Crippen LogP contribution is 2.47. The second-order valence-electron chi connectivity index (χ2n) is 5.82. The highest BCUT2D eigenvalue weighted by Gasteiger charge is 2.55. The zero-order chi connectivity index (χ0) is 13.5. The number of rotatable bonds is 3. The van der Waals surface area contributed by atoms with E-state index in [1.54, 1.807) is 0 Å². The zero-order valence-electron chi connectivity index (χ0n) is 10.9. The van der Waals surface area contributed by atoms with Crippen molar-refractivity contribution >= 4 is 29.0 Å². The van der Waals surface area contributed by atoms with Crippen molar-refractivity contribution in [3.8, 4) is 0 Å². The molecule has 2 aliphatic rings. The lowest BCUT2D eigenvalue weighted by Gasteiger charge is -2.30. The summed E-state index contributed by atoms with van der Waals surface area (Å²) in [5.41, 5.74) is 5.28. The average Bonchev–Trinajstić information content (AvgIpc) is 2.80. The van der Waals surface area contributed by atoms with Crippen LogP contribution in [0.25, 0.3) is 0 Å². The highest BCUT2D eigenvalue weighted by molar-refractivity contribution is 7.80. The summed E-state index contributed by atoms with van der Waals surface area (Å²) in [6, 6.07) is -0.431. The Morgan fingerprint density at radius 2 is 1.89 bits per heavy atom. The minimum Gasteiger partial charge on any atom is -0.392 e. The summed E-state index contributed by atoms with van der Waals surface area (Å²) in [7, 11) is 0. The van der Waals surface area contributed by atoms with Gasteiger partial charge in [-0.2, -0.15) is 0 Å². The lowest BCUT2D eigenvalue weighted by molar-refractivity contribution is -0.143. The fourth-order valence-electron chi connectivity index (χ4n) is 3.30. The molecule has 5 heteroatoms. The van der Waals surface area contributed by atoms with Gasteiger partial charge in [0.15, 0.2) is 0 Å². The van der Waals surface area contributed by atoms with Crippen LogP contribution >= 0.6 is 12.2 Å². The largest absolute Gasteiger partial charge is 0.392 e. The van der Waals surface area contributed by atoms with Crippen molar-refractivity contribution < 1.29 is 9.59 Å². The normalized spacial score (nSPS) is 24.3. The van der Waals surface area contributed by atoms with Gasteiger partial charge in [-0.05, 0) is 18.8 Å². The van der Waals surface area contributed by atoms with Gasteiger partial charge in [-0.3, -0.25) is 14.5 Å². The molecule has 0 aromatic heterocycles. The van der Waals surface area contributed by atoms with Crippen molar-refractivity contribution in [3.63, 3.8) is 0 Å². The molecule has 1 saturated heterocycles. The summed E-state index contributed by atoms with van der Waals surface area (Å²) in [4.78, 5) is 26.3. The van der Waals surface area contributed by atoms with Gasteiger partial charge in [-0.25, -0.2) is 0 Å². The SMILES string of the molecule is CC(C)C(C(N)=S)N1C(=O)CC2(CCCC2)C1=O. The number of hydrogen-bond donors (Lipinski definition) is 1. The minimum absolute atomic E-state index is 0.0449. The summed E-state index contributed by atoms with van der Waals surface area (Å²) in [6.07, 6.45) is 4.07. The molecular formula is C13H20N2O2S. The maximum Gasteiger partial charge on any atom is 0.236 e. The van der Waals surface area contributed by atoms with E-state index in [2.05, 4.69) is 0 Å². The Morgan fingerprint density at radius 1 is 1.33 bits per heavy atom. The van der Waals surface area contributed by atoms with Crippen molar-refractivity contribution in [1.82, 2.24) is 4.90 Å². The van der Waals surface area contributed by atoms with E-state index in [4.69, 9.17) is 18.0 Å². The molecule has 1 unspecified atom stereocenters. The molecule has 1 spiro atoms. The number of imide groups is 1. The zero-order valence-corrected chi connectivity index (χ0v) is 11.8. The summed E-state index contributed by atoms with van der Waals surface area (Å²) in [5, 5.41) is 0. The number of carbonyl (C=O) groups is 2. The lowest BCUT2D eigenvalue weighted by Crippen LogP contribution is -2.51. The van der Waals surface area contributed by atoms with Crippen LogP contribution in [0.2, 0.25) is 0 Å². The van der Waals surface area contributed by atoms with Crippen LogP contribution in [0.5, 0.6) is 0 Å². The number of likely N-dealkylation sites (tertiary alicyclic amines) is 1. The van der Waals surface area contributed by atoms with E-state index < -0.39 is 11.5 Å². The number of amides is 2. The van der Waals surface area contributed by atoms with E-state index in [0.717, 1.165) is 25.7 Å². The van der Waals surface area contributed by atoms with Crippen LogP contribution < -0.4 is 5.73 Å². The van der Waals surface area contributed by atoms with Gasteiger partial charge in [0.2, 0.25) is 11.8 Å².